The maximum absolute atomic E-state index is 15.5. The van der Waals surface area contributed by atoms with Gasteiger partial charge in [0.05, 0.1) is 39.4 Å². The molecule has 4 aromatic carbocycles. The van der Waals surface area contributed by atoms with Crippen molar-refractivity contribution in [3.05, 3.63) is 140 Å². The van der Waals surface area contributed by atoms with E-state index in [1.165, 1.54) is 0 Å². The van der Waals surface area contributed by atoms with Gasteiger partial charge in [0.1, 0.15) is 5.75 Å². The molecule has 5 aromatic rings. The van der Waals surface area contributed by atoms with Gasteiger partial charge in [0, 0.05) is 33.1 Å². The van der Waals surface area contributed by atoms with Gasteiger partial charge in [0.2, 0.25) is 11.8 Å². The summed E-state index contributed by atoms with van der Waals surface area (Å²) in [5.41, 5.74) is 1.96. The molecule has 6 atom stereocenters. The molecule has 2 aliphatic carbocycles. The molecule has 9 rings (SSSR count). The van der Waals surface area contributed by atoms with E-state index in [0.717, 1.165) is 10.5 Å². The first-order chi connectivity index (χ1) is 27.6. The normalized spacial score (nSPS) is 25.5. The van der Waals surface area contributed by atoms with Gasteiger partial charge in [-0.3, -0.25) is 24.6 Å². The lowest BCUT2D eigenvalue weighted by Gasteiger charge is -2.50. The summed E-state index contributed by atoms with van der Waals surface area (Å²) in [5.74, 6) is -7.89. The van der Waals surface area contributed by atoms with E-state index >= 15 is 4.79 Å². The van der Waals surface area contributed by atoms with Gasteiger partial charge >= 0.3 is 6.18 Å². The van der Waals surface area contributed by atoms with Crippen LogP contribution >= 0.6 is 34.8 Å². The van der Waals surface area contributed by atoms with E-state index in [1.54, 1.807) is 73.7 Å². The minimum absolute atomic E-state index is 0.0844. The molecule has 4 aliphatic rings. The lowest BCUT2D eigenvalue weighted by molar-refractivity contribution is -0.139. The van der Waals surface area contributed by atoms with Gasteiger partial charge in [0.15, 0.2) is 5.82 Å². The minimum atomic E-state index is -4.76. The Morgan fingerprint density at radius 2 is 1.60 bits per heavy atom. The van der Waals surface area contributed by atoms with Crippen molar-refractivity contribution in [2.75, 3.05) is 10.3 Å². The van der Waals surface area contributed by atoms with E-state index in [1.807, 2.05) is 18.2 Å². The molecule has 0 bridgehead atoms. The predicted octanol–water partition coefficient (Wildman–Crippen LogP) is 9.42. The lowest BCUT2D eigenvalue weighted by atomic mass is 9.49. The molecule has 2 saturated heterocycles. The second kappa shape index (κ2) is 13.6. The number of aromatic hydroxyl groups is 1. The summed E-state index contributed by atoms with van der Waals surface area (Å²) in [5, 5.41) is 14.3. The topological polar surface area (TPSA) is 120 Å². The number of hydrogen-bond acceptors (Lipinski definition) is 7. The summed E-state index contributed by atoms with van der Waals surface area (Å²) in [6.45, 7) is 1.80. The fourth-order valence-electron chi connectivity index (χ4n) is 9.61. The number of carbonyl (C=O) groups excluding carboxylic acids is 4. The highest BCUT2D eigenvalue weighted by molar-refractivity contribution is 6.33. The number of amides is 4. The van der Waals surface area contributed by atoms with Crippen molar-refractivity contribution in [1.82, 2.24) is 9.99 Å². The third-order valence-corrected chi connectivity index (χ3v) is 13.2. The van der Waals surface area contributed by atoms with Crippen LogP contribution in [0.15, 0.2) is 103 Å². The number of benzene rings is 4. The van der Waals surface area contributed by atoms with Gasteiger partial charge in [-0.25, -0.2) is 9.88 Å². The molecule has 15 heteroatoms. The molecule has 0 spiro atoms. The van der Waals surface area contributed by atoms with Gasteiger partial charge in [-0.1, -0.05) is 101 Å². The Morgan fingerprint density at radius 3 is 2.31 bits per heavy atom. The van der Waals surface area contributed by atoms with Crippen LogP contribution in [0.2, 0.25) is 15.1 Å². The number of rotatable bonds is 5. The summed E-state index contributed by atoms with van der Waals surface area (Å²) >= 11 is 19.1. The highest BCUT2D eigenvalue weighted by Crippen LogP contribution is 2.65. The Bertz CT molecular complexity index is 2650. The largest absolute Gasteiger partial charge is 0.507 e. The average molecular weight is 846 g/mol. The molecular formula is C43H30Cl3F3N4O5. The number of hydrogen-bond donors (Lipinski definition) is 2. The number of halogens is 6. The maximum Gasteiger partial charge on any atom is 0.417 e. The molecule has 4 amide bonds. The number of phenols is 1. The zero-order valence-electron chi connectivity index (χ0n) is 30.2. The number of aryl methyl sites for hydroxylation is 1. The third kappa shape index (κ3) is 5.55. The Kier molecular flexibility index (Phi) is 8.92. The van der Waals surface area contributed by atoms with Crippen molar-refractivity contribution in [3.63, 3.8) is 0 Å². The second-order valence-electron chi connectivity index (χ2n) is 15.1. The summed E-state index contributed by atoms with van der Waals surface area (Å²) in [7, 11) is 0. The molecule has 6 unspecified atom stereocenters. The van der Waals surface area contributed by atoms with Crippen molar-refractivity contribution >= 4 is 80.7 Å². The molecule has 1 saturated carbocycles. The number of hydrazine groups is 1. The van der Waals surface area contributed by atoms with Crippen LogP contribution in [0.3, 0.4) is 0 Å². The number of anilines is 2. The number of phenolic OH excluding ortho intramolecular Hbond substituents is 1. The van der Waals surface area contributed by atoms with Crippen molar-refractivity contribution in [2.24, 2.45) is 23.7 Å². The number of nitrogens with one attached hydrogen (secondary N) is 1. The molecule has 3 heterocycles. The van der Waals surface area contributed by atoms with E-state index in [9.17, 15) is 32.7 Å². The van der Waals surface area contributed by atoms with Crippen LogP contribution in [0, 0.1) is 30.6 Å². The van der Waals surface area contributed by atoms with Gasteiger partial charge < -0.3 is 5.11 Å². The van der Waals surface area contributed by atoms with Crippen LogP contribution in [0.4, 0.5) is 24.7 Å². The molecule has 9 nitrogen and oxygen atoms in total. The number of aromatic nitrogens is 1. The molecule has 0 radical (unpaired) electrons. The molecular weight excluding hydrogens is 816 g/mol. The first-order valence-electron chi connectivity index (χ1n) is 18.3. The summed E-state index contributed by atoms with van der Waals surface area (Å²) in [6, 6.07) is 22.5. The molecule has 58 heavy (non-hydrogen) atoms. The van der Waals surface area contributed by atoms with Crippen molar-refractivity contribution in [1.29, 1.82) is 0 Å². The van der Waals surface area contributed by atoms with Crippen LogP contribution in [-0.2, 0) is 30.8 Å². The van der Waals surface area contributed by atoms with Crippen molar-refractivity contribution < 1.29 is 37.5 Å². The number of allylic oxidation sites excluding steroid dienone is 2. The number of alkyl halides is 3. The number of imide groups is 2. The average Bonchev–Trinajstić information content (AvgIpc) is 3.57. The number of pyridine rings is 1. The van der Waals surface area contributed by atoms with Gasteiger partial charge in [-0.2, -0.15) is 18.2 Å². The molecule has 2 N–H and O–H groups in total. The minimum Gasteiger partial charge on any atom is -0.507 e. The quantitative estimate of drug-likeness (QED) is 0.134. The summed E-state index contributed by atoms with van der Waals surface area (Å²) < 4.78 is 40.6. The summed E-state index contributed by atoms with van der Waals surface area (Å²) in [4.78, 5) is 64.2. The van der Waals surface area contributed by atoms with E-state index in [-0.39, 0.29) is 24.4 Å². The highest BCUT2D eigenvalue weighted by atomic mass is 35.5. The first-order valence-corrected chi connectivity index (χ1v) is 19.4. The van der Waals surface area contributed by atoms with Crippen molar-refractivity contribution in [3.8, 4) is 5.75 Å². The van der Waals surface area contributed by atoms with E-state index < -0.39 is 75.4 Å². The van der Waals surface area contributed by atoms with E-state index in [4.69, 9.17) is 34.8 Å². The predicted molar refractivity (Wildman–Crippen MR) is 211 cm³/mol. The zero-order chi connectivity index (χ0) is 41.0. The van der Waals surface area contributed by atoms with Crippen LogP contribution in [0.5, 0.6) is 5.75 Å². The Hall–Kier alpha value is -5.43. The lowest BCUT2D eigenvalue weighted by Crippen LogP contribution is -2.53. The van der Waals surface area contributed by atoms with Crippen LogP contribution < -0.4 is 10.3 Å². The third-order valence-electron chi connectivity index (χ3n) is 12.2. The van der Waals surface area contributed by atoms with Crippen LogP contribution in [-0.4, -0.2) is 38.7 Å². The highest BCUT2D eigenvalue weighted by Gasteiger charge is 2.71. The van der Waals surface area contributed by atoms with Gasteiger partial charge in [0.25, 0.3) is 11.8 Å². The Labute approximate surface area is 344 Å². The smallest absolute Gasteiger partial charge is 0.417 e. The zero-order valence-corrected chi connectivity index (χ0v) is 32.5. The Balaban J connectivity index is 1.25. The molecule has 1 aromatic heterocycles. The number of carbonyl (C=O) groups is 4. The molecule has 2 aliphatic heterocycles. The summed E-state index contributed by atoms with van der Waals surface area (Å²) in [6.07, 6.45) is -2.35. The number of nitrogens with zero attached hydrogens (tertiary/aromatic N) is 3. The maximum atomic E-state index is 15.5. The van der Waals surface area contributed by atoms with E-state index in [0.29, 0.717) is 60.5 Å². The molecule has 3 fully saturated rings. The van der Waals surface area contributed by atoms with Gasteiger partial charge in [-0.05, 0) is 72.5 Å². The fourth-order valence-corrected chi connectivity index (χ4v) is 10.1. The van der Waals surface area contributed by atoms with Gasteiger partial charge in [-0.15, -0.1) is 0 Å². The number of fused-ring (bicyclic) bond motifs is 5. The van der Waals surface area contributed by atoms with Crippen LogP contribution in [0.25, 0.3) is 10.8 Å². The second-order valence-corrected chi connectivity index (χ2v) is 16.3. The fraction of sp³-hybridized carbons (Fsp3) is 0.233. The SMILES string of the molecule is Cc1ccc(N2C(=O)C3CC=C4C(CC5C(=O)N(Nc6ncc(C(F)(F)F)cc6Cl)C(=O)C5(c5ccc(Cl)cc5)C4c4ccc5ccccc5c4O)C3C2=O)cc1Cl. The van der Waals surface area contributed by atoms with Crippen LogP contribution in [0.1, 0.15) is 41.0 Å². The Morgan fingerprint density at radius 1 is 0.862 bits per heavy atom. The monoisotopic (exact) mass is 844 g/mol. The van der Waals surface area contributed by atoms with E-state index in [2.05, 4.69) is 10.4 Å². The molecule has 294 valence electrons. The first kappa shape index (κ1) is 38.1. The van der Waals surface area contributed by atoms with Crippen molar-refractivity contribution in [2.45, 2.75) is 37.3 Å². The standard InChI is InChI=1S/C43H30Cl3F3N4O5/c1-20-6-12-25(17-32(20)45)52-38(55)28-15-14-27-30(34(28)40(52)57)18-31-39(56)53(51-37-33(46)16-23(19-50-37)43(47,48)49)41(58)42(31,22-8-10-24(44)11-9-22)35(27)29-13-7-21-4-2-3-5-26(21)36(29)54/h2-14,16-17,19,28,30-31,34-35,54H,15,18H2,1H3,(H,50,51).